The van der Waals surface area contributed by atoms with Gasteiger partial charge in [0, 0.05) is 18.7 Å². The second-order valence-electron chi connectivity index (χ2n) is 8.60. The number of rotatable bonds is 5. The molecule has 2 aromatic carbocycles. The van der Waals surface area contributed by atoms with Crippen LogP contribution in [0.1, 0.15) is 47.0 Å². The molecule has 1 amide bonds. The van der Waals surface area contributed by atoms with Gasteiger partial charge in [-0.1, -0.05) is 60.7 Å². The van der Waals surface area contributed by atoms with Gasteiger partial charge >= 0.3 is 0 Å². The van der Waals surface area contributed by atoms with Crippen molar-refractivity contribution in [2.24, 2.45) is 0 Å². The van der Waals surface area contributed by atoms with Crippen molar-refractivity contribution < 1.29 is 9.59 Å². The van der Waals surface area contributed by atoms with Crippen molar-refractivity contribution in [2.45, 2.75) is 38.6 Å². The third kappa shape index (κ3) is 3.77. The number of carbonyl (C=O) groups excluding carboxylic acids is 2. The van der Waals surface area contributed by atoms with Crippen molar-refractivity contribution >= 4 is 17.3 Å². The number of Topliss-reactive ketones (excluding diaryl/α,β-unsaturated/α-hetero) is 1. The molecule has 0 saturated carbocycles. The Morgan fingerprint density at radius 3 is 2.56 bits per heavy atom. The Labute approximate surface area is 188 Å². The van der Waals surface area contributed by atoms with Gasteiger partial charge in [-0.2, -0.15) is 0 Å². The molecule has 1 aliphatic heterocycles. The zero-order valence-corrected chi connectivity index (χ0v) is 18.3. The number of fused-ring (bicyclic) bond motifs is 2. The molecular formula is C28H26N2O2. The van der Waals surface area contributed by atoms with E-state index in [4.69, 9.17) is 4.98 Å². The maximum atomic E-state index is 13.4. The fourth-order valence-corrected chi connectivity index (χ4v) is 5.00. The molecular weight excluding hydrogens is 396 g/mol. The molecule has 0 unspecified atom stereocenters. The van der Waals surface area contributed by atoms with Gasteiger partial charge in [-0.15, -0.1) is 0 Å². The number of nitrogens with zero attached hydrogens (tertiary/aromatic N) is 2. The Kier molecular flexibility index (Phi) is 5.44. The molecule has 1 aromatic heterocycles. The van der Waals surface area contributed by atoms with E-state index in [2.05, 4.69) is 24.3 Å². The minimum atomic E-state index is -0.392. The van der Waals surface area contributed by atoms with E-state index in [9.17, 15) is 9.59 Å². The first kappa shape index (κ1) is 20.4. The molecule has 32 heavy (non-hydrogen) atoms. The van der Waals surface area contributed by atoms with Crippen molar-refractivity contribution in [1.29, 1.82) is 0 Å². The van der Waals surface area contributed by atoms with Crippen LogP contribution in [0.3, 0.4) is 0 Å². The van der Waals surface area contributed by atoms with Crippen LogP contribution in [-0.2, 0) is 22.4 Å². The molecule has 0 bridgehead atoms. The van der Waals surface area contributed by atoms with Crippen molar-refractivity contribution in [3.05, 3.63) is 106 Å². The van der Waals surface area contributed by atoms with E-state index < -0.39 is 5.91 Å². The highest BCUT2D eigenvalue weighted by Crippen LogP contribution is 2.46. The molecule has 1 aliphatic carbocycles. The minimum Gasteiger partial charge on any atom is -0.323 e. The van der Waals surface area contributed by atoms with Gasteiger partial charge in [-0.25, -0.2) is 0 Å². The smallest absolute Gasteiger partial charge is 0.290 e. The Bertz CT molecular complexity index is 1210. The SMILES string of the molecule is Cc1cccc([C@H]2C3=C(CCN2C(=O)C(=O)CCc2ccccc2)c2ccccc2C3)n1. The lowest BCUT2D eigenvalue weighted by Gasteiger charge is -2.37. The molecule has 3 aromatic rings. The Morgan fingerprint density at radius 2 is 1.75 bits per heavy atom. The highest BCUT2D eigenvalue weighted by molar-refractivity contribution is 6.36. The lowest BCUT2D eigenvalue weighted by atomic mass is 9.90. The molecule has 2 aliphatic rings. The topological polar surface area (TPSA) is 50.3 Å². The largest absolute Gasteiger partial charge is 0.323 e. The van der Waals surface area contributed by atoms with Gasteiger partial charge in [0.1, 0.15) is 0 Å². The van der Waals surface area contributed by atoms with Crippen LogP contribution in [0.25, 0.3) is 5.57 Å². The van der Waals surface area contributed by atoms with Crippen LogP contribution < -0.4 is 0 Å². The Hall–Kier alpha value is -3.53. The number of amides is 1. The lowest BCUT2D eigenvalue weighted by Crippen LogP contribution is -2.43. The first-order valence-corrected chi connectivity index (χ1v) is 11.2. The predicted octanol–water partition coefficient (Wildman–Crippen LogP) is 4.88. The number of pyridine rings is 1. The Morgan fingerprint density at radius 1 is 0.969 bits per heavy atom. The van der Waals surface area contributed by atoms with Gasteiger partial charge in [0.25, 0.3) is 5.91 Å². The Balaban J connectivity index is 1.45. The van der Waals surface area contributed by atoms with E-state index >= 15 is 0 Å². The molecule has 0 N–H and O–H groups in total. The quantitative estimate of drug-likeness (QED) is 0.551. The summed E-state index contributed by atoms with van der Waals surface area (Å²) in [5.74, 6) is -0.720. The summed E-state index contributed by atoms with van der Waals surface area (Å²) in [4.78, 5) is 32.8. The molecule has 4 heteroatoms. The molecule has 0 radical (unpaired) electrons. The first-order chi connectivity index (χ1) is 15.6. The van der Waals surface area contributed by atoms with Gasteiger partial charge < -0.3 is 4.90 Å². The molecule has 4 nitrogen and oxygen atoms in total. The summed E-state index contributed by atoms with van der Waals surface area (Å²) in [6.07, 6.45) is 2.37. The highest BCUT2D eigenvalue weighted by atomic mass is 16.2. The maximum Gasteiger partial charge on any atom is 0.290 e. The van der Waals surface area contributed by atoms with Crippen LogP contribution in [0.4, 0.5) is 0 Å². The third-order valence-electron chi connectivity index (χ3n) is 6.53. The minimum absolute atomic E-state index is 0.222. The number of carbonyl (C=O) groups is 2. The normalized spacial score (nSPS) is 17.2. The zero-order valence-electron chi connectivity index (χ0n) is 18.3. The van der Waals surface area contributed by atoms with Gasteiger partial charge in [-0.3, -0.25) is 14.6 Å². The fourth-order valence-electron chi connectivity index (χ4n) is 5.00. The average Bonchev–Trinajstić information content (AvgIpc) is 3.21. The third-order valence-corrected chi connectivity index (χ3v) is 6.53. The summed E-state index contributed by atoms with van der Waals surface area (Å²) >= 11 is 0. The molecule has 5 rings (SSSR count). The lowest BCUT2D eigenvalue weighted by molar-refractivity contribution is -0.146. The van der Waals surface area contributed by atoms with E-state index in [-0.39, 0.29) is 18.2 Å². The maximum absolute atomic E-state index is 13.4. The fraction of sp³-hybridized carbons (Fsp3) is 0.250. The van der Waals surface area contributed by atoms with E-state index in [1.165, 1.54) is 22.3 Å². The van der Waals surface area contributed by atoms with Crippen LogP contribution in [0, 0.1) is 6.92 Å². The van der Waals surface area contributed by atoms with Gasteiger partial charge in [0.15, 0.2) is 0 Å². The van der Waals surface area contributed by atoms with E-state index in [1.54, 1.807) is 4.90 Å². The predicted molar refractivity (Wildman–Crippen MR) is 125 cm³/mol. The van der Waals surface area contributed by atoms with E-state index in [1.807, 2.05) is 55.5 Å². The summed E-state index contributed by atoms with van der Waals surface area (Å²) in [6.45, 7) is 2.49. The average molecular weight is 423 g/mol. The molecule has 1 atom stereocenters. The van der Waals surface area contributed by atoms with Crippen molar-refractivity contribution in [3.63, 3.8) is 0 Å². The van der Waals surface area contributed by atoms with Crippen molar-refractivity contribution in [2.75, 3.05) is 6.54 Å². The second-order valence-corrected chi connectivity index (χ2v) is 8.60. The van der Waals surface area contributed by atoms with E-state index in [0.29, 0.717) is 13.0 Å². The molecule has 0 saturated heterocycles. The van der Waals surface area contributed by atoms with Crippen LogP contribution in [0.15, 0.2) is 78.4 Å². The monoisotopic (exact) mass is 422 g/mol. The number of ketones is 1. The van der Waals surface area contributed by atoms with Gasteiger partial charge in [-0.05, 0) is 66.2 Å². The van der Waals surface area contributed by atoms with Crippen LogP contribution in [0.5, 0.6) is 0 Å². The van der Waals surface area contributed by atoms with E-state index in [0.717, 1.165) is 29.8 Å². The van der Waals surface area contributed by atoms with Crippen molar-refractivity contribution in [1.82, 2.24) is 9.88 Å². The molecule has 0 fully saturated rings. The number of hydrogen-bond acceptors (Lipinski definition) is 3. The van der Waals surface area contributed by atoms with Crippen LogP contribution in [-0.4, -0.2) is 28.1 Å². The zero-order chi connectivity index (χ0) is 22.1. The summed E-state index contributed by atoms with van der Waals surface area (Å²) in [7, 11) is 0. The second kappa shape index (κ2) is 8.54. The summed E-state index contributed by atoms with van der Waals surface area (Å²) in [5.41, 5.74) is 7.92. The summed E-state index contributed by atoms with van der Waals surface area (Å²) in [5, 5.41) is 0. The number of hydrogen-bond donors (Lipinski definition) is 0. The van der Waals surface area contributed by atoms with Gasteiger partial charge in [0.05, 0.1) is 11.7 Å². The van der Waals surface area contributed by atoms with Gasteiger partial charge in [0.2, 0.25) is 5.78 Å². The molecule has 160 valence electrons. The standard InChI is InChI=1S/C28H26N2O2/c1-19-8-7-13-25(29-19)27-24-18-21-11-5-6-12-22(21)23(24)16-17-30(27)28(32)26(31)15-14-20-9-3-2-4-10-20/h2-13,27H,14-18H2,1H3/t27-/m1/s1. The number of aryl methyl sites for hydroxylation is 2. The number of benzene rings is 2. The molecule has 2 heterocycles. The number of aromatic nitrogens is 1. The van der Waals surface area contributed by atoms with Crippen LogP contribution >= 0.6 is 0 Å². The van der Waals surface area contributed by atoms with Crippen molar-refractivity contribution in [3.8, 4) is 0 Å². The van der Waals surface area contributed by atoms with Crippen LogP contribution in [0.2, 0.25) is 0 Å². The molecule has 0 spiro atoms. The first-order valence-electron chi connectivity index (χ1n) is 11.2. The summed E-state index contributed by atoms with van der Waals surface area (Å²) < 4.78 is 0. The highest BCUT2D eigenvalue weighted by Gasteiger charge is 2.39. The summed E-state index contributed by atoms with van der Waals surface area (Å²) in [6, 6.07) is 23.9.